The molecule has 2 aromatic rings. The van der Waals surface area contributed by atoms with Crippen LogP contribution in [0.2, 0.25) is 0 Å². The van der Waals surface area contributed by atoms with E-state index in [1.54, 1.807) is 25.1 Å². The van der Waals surface area contributed by atoms with Gasteiger partial charge < -0.3 is 15.2 Å². The van der Waals surface area contributed by atoms with Gasteiger partial charge >= 0.3 is 5.97 Å². The van der Waals surface area contributed by atoms with Gasteiger partial charge in [0.25, 0.3) is 0 Å². The molecule has 8 heteroatoms. The molecule has 3 rings (SSSR count). The van der Waals surface area contributed by atoms with Crippen LogP contribution in [0.25, 0.3) is 0 Å². The molecule has 0 aliphatic carbocycles. The highest BCUT2D eigenvalue weighted by Gasteiger charge is 2.36. The molecule has 1 atom stereocenters. The smallest absolute Gasteiger partial charge is 0.311 e. The number of benzene rings is 1. The molecule has 0 saturated heterocycles. The molecule has 1 unspecified atom stereocenters. The lowest BCUT2D eigenvalue weighted by molar-refractivity contribution is -0.142. The number of nitrogens with one attached hydrogen (secondary N) is 1. The van der Waals surface area contributed by atoms with Crippen LogP contribution in [0.4, 0.5) is 4.39 Å². The Kier molecular flexibility index (Phi) is 4.39. The quantitative estimate of drug-likeness (QED) is 0.820. The summed E-state index contributed by atoms with van der Waals surface area (Å²) in [4.78, 5) is 11.8. The van der Waals surface area contributed by atoms with Crippen molar-refractivity contribution in [2.24, 2.45) is 5.73 Å². The first kappa shape index (κ1) is 16.5. The van der Waals surface area contributed by atoms with E-state index in [0.717, 1.165) is 0 Å². The molecule has 25 heavy (non-hydrogen) atoms. The largest absolute Gasteiger partial charge is 0.466 e. The number of hydrogen-bond donors (Lipinski definition) is 2. The van der Waals surface area contributed by atoms with Crippen LogP contribution in [0.1, 0.15) is 29.7 Å². The topological polar surface area (TPSA) is 114 Å². The van der Waals surface area contributed by atoms with E-state index >= 15 is 0 Å². The van der Waals surface area contributed by atoms with Gasteiger partial charge in [-0.1, -0.05) is 18.2 Å². The van der Waals surface area contributed by atoms with Crippen LogP contribution in [0.5, 0.6) is 5.88 Å². The molecule has 7 nitrogen and oxygen atoms in total. The summed E-state index contributed by atoms with van der Waals surface area (Å²) in [5.74, 6) is -1.81. The second-order valence-electron chi connectivity index (χ2n) is 5.35. The Bertz CT molecular complexity index is 898. The zero-order valence-corrected chi connectivity index (χ0v) is 13.4. The van der Waals surface area contributed by atoms with Gasteiger partial charge in [0.1, 0.15) is 17.5 Å². The van der Waals surface area contributed by atoms with E-state index in [1.165, 1.54) is 6.07 Å². The minimum absolute atomic E-state index is 0.0594. The van der Waals surface area contributed by atoms with E-state index in [9.17, 15) is 14.4 Å². The van der Waals surface area contributed by atoms with E-state index in [2.05, 4.69) is 10.2 Å². The van der Waals surface area contributed by atoms with Gasteiger partial charge in [-0.05, 0) is 13.0 Å². The van der Waals surface area contributed by atoms with Crippen molar-refractivity contribution in [3.05, 3.63) is 58.4 Å². The van der Waals surface area contributed by atoms with Crippen molar-refractivity contribution in [1.29, 1.82) is 5.26 Å². The summed E-state index contributed by atoms with van der Waals surface area (Å²) in [6.07, 6.45) is -0.108. The Balaban J connectivity index is 2.14. The fourth-order valence-electron chi connectivity index (χ4n) is 2.82. The zero-order valence-electron chi connectivity index (χ0n) is 13.4. The molecule has 1 aliphatic heterocycles. The lowest BCUT2D eigenvalue weighted by atomic mass is 9.83. The number of allylic oxidation sites excluding steroid dienone is 1. The number of fused-ring (bicyclic) bond motifs is 1. The second-order valence-corrected chi connectivity index (χ2v) is 5.35. The molecule has 0 amide bonds. The monoisotopic (exact) mass is 342 g/mol. The Hall–Kier alpha value is -3.34. The summed E-state index contributed by atoms with van der Waals surface area (Å²) in [6, 6.07) is 8.03. The van der Waals surface area contributed by atoms with Crippen molar-refractivity contribution >= 4 is 5.97 Å². The van der Waals surface area contributed by atoms with Gasteiger partial charge in [-0.3, -0.25) is 9.89 Å². The minimum Gasteiger partial charge on any atom is -0.466 e. The number of aromatic nitrogens is 2. The lowest BCUT2D eigenvalue weighted by Gasteiger charge is -2.24. The maximum absolute atomic E-state index is 14.4. The van der Waals surface area contributed by atoms with Crippen LogP contribution in [0.3, 0.4) is 0 Å². The summed E-state index contributed by atoms with van der Waals surface area (Å²) in [6.45, 7) is 1.93. The van der Waals surface area contributed by atoms with Gasteiger partial charge in [0.2, 0.25) is 11.8 Å². The number of hydrogen-bond acceptors (Lipinski definition) is 6. The number of H-pyrrole nitrogens is 1. The van der Waals surface area contributed by atoms with E-state index in [0.29, 0.717) is 11.3 Å². The standard InChI is InChI=1S/C17H15FN4O3/c1-2-24-13(23)7-12-15-14(9-5-3-4-6-11(9)18)10(8-19)16(20)25-17(15)22-21-12/h3-6,14H,2,7,20H2,1H3,(H,21,22). The predicted octanol–water partition coefficient (Wildman–Crippen LogP) is 1.87. The van der Waals surface area contributed by atoms with E-state index in [4.69, 9.17) is 15.2 Å². The fraction of sp³-hybridized carbons (Fsp3) is 0.235. The first-order valence-electron chi connectivity index (χ1n) is 7.61. The average Bonchev–Trinajstić information content (AvgIpc) is 2.96. The molecule has 0 saturated carbocycles. The Morgan fingerprint density at radius 2 is 2.28 bits per heavy atom. The number of halogens is 1. The number of rotatable bonds is 4. The highest BCUT2D eigenvalue weighted by atomic mass is 19.1. The summed E-state index contributed by atoms with van der Waals surface area (Å²) in [5, 5.41) is 16.2. The highest BCUT2D eigenvalue weighted by molar-refractivity contribution is 5.73. The Labute approximate surface area is 142 Å². The number of esters is 1. The molecule has 128 valence electrons. The SMILES string of the molecule is CCOC(=O)Cc1[nH]nc2c1C(c1ccccc1F)C(C#N)=C(N)O2. The number of nitrogens with two attached hydrogens (primary N) is 1. The van der Waals surface area contributed by atoms with Crippen molar-refractivity contribution in [3.63, 3.8) is 0 Å². The first-order chi connectivity index (χ1) is 12.1. The molecular formula is C17H15FN4O3. The van der Waals surface area contributed by atoms with Crippen LogP contribution in [0.15, 0.2) is 35.7 Å². The van der Waals surface area contributed by atoms with Crippen LogP contribution >= 0.6 is 0 Å². The molecule has 1 aromatic carbocycles. The van der Waals surface area contributed by atoms with Crippen molar-refractivity contribution in [1.82, 2.24) is 10.2 Å². The van der Waals surface area contributed by atoms with E-state index < -0.39 is 17.7 Å². The molecule has 3 N–H and O–H groups in total. The predicted molar refractivity (Wildman–Crippen MR) is 84.6 cm³/mol. The Morgan fingerprint density at radius 1 is 1.52 bits per heavy atom. The summed E-state index contributed by atoms with van der Waals surface area (Å²) >= 11 is 0. The second kappa shape index (κ2) is 6.65. The van der Waals surface area contributed by atoms with Crippen LogP contribution in [-0.4, -0.2) is 22.8 Å². The van der Waals surface area contributed by atoms with Crippen molar-refractivity contribution < 1.29 is 18.7 Å². The minimum atomic E-state index is -0.821. The van der Waals surface area contributed by atoms with Crippen molar-refractivity contribution in [3.8, 4) is 11.9 Å². The highest BCUT2D eigenvalue weighted by Crippen LogP contribution is 2.43. The third kappa shape index (κ3) is 2.92. The third-order valence-electron chi connectivity index (χ3n) is 3.86. The molecule has 1 aromatic heterocycles. The normalized spacial score (nSPS) is 16.0. The molecule has 0 bridgehead atoms. The van der Waals surface area contributed by atoms with Crippen LogP contribution in [-0.2, 0) is 16.0 Å². The zero-order chi connectivity index (χ0) is 18.0. The number of carbonyl (C=O) groups excluding carboxylic acids is 1. The number of carbonyl (C=O) groups is 1. The Morgan fingerprint density at radius 3 is 2.96 bits per heavy atom. The molecule has 2 heterocycles. The number of nitrogens with zero attached hydrogens (tertiary/aromatic N) is 2. The summed E-state index contributed by atoms with van der Waals surface area (Å²) in [7, 11) is 0. The molecule has 0 fully saturated rings. The van der Waals surface area contributed by atoms with E-state index in [-0.39, 0.29) is 35.9 Å². The summed E-state index contributed by atoms with van der Waals surface area (Å²) in [5.41, 5.74) is 6.91. The molecular weight excluding hydrogens is 327 g/mol. The van der Waals surface area contributed by atoms with Crippen molar-refractivity contribution in [2.75, 3.05) is 6.61 Å². The third-order valence-corrected chi connectivity index (χ3v) is 3.86. The van der Waals surface area contributed by atoms with Gasteiger partial charge in [-0.25, -0.2) is 4.39 Å². The maximum atomic E-state index is 14.4. The van der Waals surface area contributed by atoms with Crippen molar-refractivity contribution in [2.45, 2.75) is 19.3 Å². The lowest BCUT2D eigenvalue weighted by Crippen LogP contribution is -2.22. The number of ether oxygens (including phenoxy) is 2. The van der Waals surface area contributed by atoms with Crippen LogP contribution in [0, 0.1) is 17.1 Å². The molecule has 0 radical (unpaired) electrons. The van der Waals surface area contributed by atoms with Gasteiger partial charge in [-0.15, -0.1) is 5.10 Å². The molecule has 0 spiro atoms. The fourth-order valence-corrected chi connectivity index (χ4v) is 2.82. The number of nitriles is 1. The van der Waals surface area contributed by atoms with Gasteiger partial charge in [-0.2, -0.15) is 5.26 Å². The average molecular weight is 342 g/mol. The number of aromatic amines is 1. The maximum Gasteiger partial charge on any atom is 0.311 e. The summed E-state index contributed by atoms with van der Waals surface area (Å²) < 4.78 is 24.7. The van der Waals surface area contributed by atoms with Gasteiger partial charge in [0.15, 0.2) is 0 Å². The van der Waals surface area contributed by atoms with Crippen LogP contribution < -0.4 is 10.5 Å². The van der Waals surface area contributed by atoms with E-state index in [1.807, 2.05) is 6.07 Å². The first-order valence-corrected chi connectivity index (χ1v) is 7.61. The van der Waals surface area contributed by atoms with Gasteiger partial charge in [0, 0.05) is 5.56 Å². The van der Waals surface area contributed by atoms with Gasteiger partial charge in [0.05, 0.1) is 30.2 Å². The molecule has 1 aliphatic rings.